The lowest BCUT2D eigenvalue weighted by Crippen LogP contribution is -2.37. The van der Waals surface area contributed by atoms with Crippen LogP contribution in [-0.4, -0.2) is 70.4 Å². The first-order chi connectivity index (χ1) is 17.7. The van der Waals surface area contributed by atoms with E-state index < -0.39 is 6.17 Å². The third-order valence-electron chi connectivity index (χ3n) is 7.28. The van der Waals surface area contributed by atoms with Crippen LogP contribution in [0, 0.1) is 0 Å². The molecule has 2 fully saturated rings. The maximum atomic E-state index is 13.6. The van der Waals surface area contributed by atoms with Gasteiger partial charge in [0.05, 0.1) is 18.6 Å². The molecule has 8 nitrogen and oxygen atoms in total. The molecule has 2 aliphatic rings. The van der Waals surface area contributed by atoms with E-state index in [9.17, 15) is 4.39 Å². The van der Waals surface area contributed by atoms with Gasteiger partial charge in [0.15, 0.2) is 17.2 Å². The number of aromatic amines is 1. The van der Waals surface area contributed by atoms with Gasteiger partial charge in [-0.05, 0) is 36.6 Å². The molecule has 2 saturated heterocycles. The monoisotopic (exact) mass is 486 g/mol. The quantitative estimate of drug-likeness (QED) is 0.395. The number of pyridine rings is 1. The summed E-state index contributed by atoms with van der Waals surface area (Å²) in [5, 5.41) is 1.95. The van der Waals surface area contributed by atoms with E-state index in [-0.39, 0.29) is 0 Å². The first kappa shape index (κ1) is 21.7. The third-order valence-corrected chi connectivity index (χ3v) is 7.28. The molecule has 6 heterocycles. The Balaban J connectivity index is 1.38. The van der Waals surface area contributed by atoms with Crippen molar-refractivity contribution in [2.75, 3.05) is 44.3 Å². The molecule has 9 heteroatoms. The average Bonchev–Trinajstić information content (AvgIpc) is 3.54. The average molecular weight is 487 g/mol. The highest BCUT2D eigenvalue weighted by atomic mass is 19.1. The Morgan fingerprint density at radius 2 is 1.89 bits per heavy atom. The first-order valence-corrected chi connectivity index (χ1v) is 12.6. The van der Waals surface area contributed by atoms with Crippen molar-refractivity contribution in [1.29, 1.82) is 0 Å². The molecule has 0 saturated carbocycles. The maximum absolute atomic E-state index is 13.6. The van der Waals surface area contributed by atoms with Crippen LogP contribution in [0.5, 0.6) is 0 Å². The number of likely N-dealkylation sites (tertiary alicyclic amines) is 1. The minimum atomic E-state index is -0.683. The summed E-state index contributed by atoms with van der Waals surface area (Å²) in [6.45, 7) is 5.03. The number of halogens is 1. The van der Waals surface area contributed by atoms with Gasteiger partial charge < -0.3 is 19.0 Å². The van der Waals surface area contributed by atoms with E-state index in [0.29, 0.717) is 43.2 Å². The zero-order valence-electron chi connectivity index (χ0n) is 19.9. The molecule has 4 aromatic heterocycles. The Kier molecular flexibility index (Phi) is 5.32. The van der Waals surface area contributed by atoms with E-state index in [0.717, 1.165) is 71.5 Å². The van der Waals surface area contributed by atoms with Crippen molar-refractivity contribution in [3.8, 4) is 11.4 Å². The van der Waals surface area contributed by atoms with Crippen LogP contribution >= 0.6 is 0 Å². The van der Waals surface area contributed by atoms with Crippen LogP contribution in [0.25, 0.3) is 44.5 Å². The lowest BCUT2D eigenvalue weighted by molar-refractivity contribution is 0.122. The second-order valence-corrected chi connectivity index (χ2v) is 9.64. The van der Waals surface area contributed by atoms with Crippen LogP contribution in [0.1, 0.15) is 18.4 Å². The van der Waals surface area contributed by atoms with Gasteiger partial charge >= 0.3 is 0 Å². The van der Waals surface area contributed by atoms with E-state index in [1.165, 1.54) is 0 Å². The summed E-state index contributed by atoms with van der Waals surface area (Å²) in [7, 11) is 0. The smallest absolute Gasteiger partial charge is 0.229 e. The number of hydrogen-bond acceptors (Lipinski definition) is 7. The number of benzene rings is 1. The molecular weight excluding hydrogens is 459 g/mol. The molecule has 5 aromatic rings. The number of ether oxygens (including phenoxy) is 1. The Labute approximate surface area is 207 Å². The number of anilines is 1. The van der Waals surface area contributed by atoms with Crippen LogP contribution in [-0.2, 0) is 11.3 Å². The van der Waals surface area contributed by atoms with E-state index in [2.05, 4.69) is 44.0 Å². The predicted molar refractivity (Wildman–Crippen MR) is 137 cm³/mol. The molecule has 0 radical (unpaired) electrons. The molecule has 0 unspecified atom stereocenters. The number of morpholine rings is 1. The molecule has 36 heavy (non-hydrogen) atoms. The molecule has 7 rings (SSSR count). The second-order valence-electron chi connectivity index (χ2n) is 9.64. The second kappa shape index (κ2) is 8.83. The highest BCUT2D eigenvalue weighted by Crippen LogP contribution is 2.36. The van der Waals surface area contributed by atoms with Crippen LogP contribution in [0.4, 0.5) is 10.2 Å². The van der Waals surface area contributed by atoms with Gasteiger partial charge in [-0.2, -0.15) is 0 Å². The fraction of sp³-hybridized carbons (Fsp3) is 0.370. The van der Waals surface area contributed by atoms with Crippen molar-refractivity contribution >= 4 is 38.9 Å². The van der Waals surface area contributed by atoms with E-state index in [4.69, 9.17) is 19.1 Å². The van der Waals surface area contributed by atoms with Crippen LogP contribution < -0.4 is 4.90 Å². The van der Waals surface area contributed by atoms with Crippen molar-refractivity contribution < 1.29 is 13.5 Å². The van der Waals surface area contributed by atoms with Crippen LogP contribution in [0.2, 0.25) is 0 Å². The Bertz CT molecular complexity index is 1550. The van der Waals surface area contributed by atoms with Gasteiger partial charge in [-0.25, -0.2) is 19.3 Å². The van der Waals surface area contributed by atoms with E-state index in [1.807, 2.05) is 18.5 Å². The lowest BCUT2D eigenvalue weighted by atomic mass is 10.1. The van der Waals surface area contributed by atoms with Gasteiger partial charge in [-0.1, -0.05) is 12.1 Å². The largest absolute Gasteiger partial charge is 0.432 e. The van der Waals surface area contributed by atoms with E-state index in [1.54, 1.807) is 0 Å². The number of rotatable bonds is 4. The summed E-state index contributed by atoms with van der Waals surface area (Å²) >= 11 is 0. The molecule has 0 amide bonds. The van der Waals surface area contributed by atoms with Gasteiger partial charge in [-0.3, -0.25) is 4.90 Å². The fourth-order valence-electron chi connectivity index (χ4n) is 5.35. The van der Waals surface area contributed by atoms with Gasteiger partial charge in [-0.15, -0.1) is 0 Å². The summed E-state index contributed by atoms with van der Waals surface area (Å²) in [6.07, 6.45) is 4.29. The molecule has 2 aliphatic heterocycles. The number of fused-ring (bicyclic) bond motifs is 4. The Hall–Kier alpha value is -3.56. The van der Waals surface area contributed by atoms with Crippen molar-refractivity contribution in [3.05, 3.63) is 48.3 Å². The molecular formula is C27H27FN6O2. The highest BCUT2D eigenvalue weighted by molar-refractivity contribution is 6.06. The highest BCUT2D eigenvalue weighted by Gasteiger charge is 2.24. The molecule has 0 spiro atoms. The number of furan rings is 1. The summed E-state index contributed by atoms with van der Waals surface area (Å²) in [5.74, 6) is 1.43. The van der Waals surface area contributed by atoms with Gasteiger partial charge in [0.2, 0.25) is 5.71 Å². The van der Waals surface area contributed by atoms with Crippen molar-refractivity contribution in [3.63, 3.8) is 0 Å². The predicted octanol–water partition coefficient (Wildman–Crippen LogP) is 4.69. The van der Waals surface area contributed by atoms with Crippen molar-refractivity contribution in [1.82, 2.24) is 24.8 Å². The van der Waals surface area contributed by atoms with Gasteiger partial charge in [0.25, 0.3) is 0 Å². The van der Waals surface area contributed by atoms with Crippen LogP contribution in [0.3, 0.4) is 0 Å². The third kappa shape index (κ3) is 3.79. The number of H-pyrrole nitrogens is 1. The zero-order chi connectivity index (χ0) is 24.1. The van der Waals surface area contributed by atoms with E-state index >= 15 is 0 Å². The first-order valence-electron chi connectivity index (χ1n) is 12.6. The number of piperidine rings is 1. The van der Waals surface area contributed by atoms with Crippen molar-refractivity contribution in [2.24, 2.45) is 0 Å². The molecule has 0 aliphatic carbocycles. The fourth-order valence-corrected chi connectivity index (χ4v) is 5.35. The topological polar surface area (TPSA) is 83.3 Å². The Morgan fingerprint density at radius 3 is 2.75 bits per heavy atom. The standard InChI is InChI=1S/C27H27FN6O2/c28-18-5-8-33(9-6-18)16-17-14-21-23-24(36-27(21)30-15-17)26(34-10-12-35-13-11-34)32-25(31-23)20-2-1-3-22-19(20)4-7-29-22/h1-4,7,14-15,18,29H,5-6,8-13,16H2. The number of alkyl halides is 1. The molecule has 1 aromatic carbocycles. The van der Waals surface area contributed by atoms with Crippen LogP contribution in [0.15, 0.2) is 47.1 Å². The molecule has 0 atom stereocenters. The molecule has 184 valence electrons. The maximum Gasteiger partial charge on any atom is 0.229 e. The van der Waals surface area contributed by atoms with Gasteiger partial charge in [0.1, 0.15) is 11.7 Å². The minimum absolute atomic E-state index is 0.553. The molecule has 1 N–H and O–H groups in total. The lowest BCUT2D eigenvalue weighted by Gasteiger charge is -2.28. The van der Waals surface area contributed by atoms with Crippen molar-refractivity contribution in [2.45, 2.75) is 25.6 Å². The summed E-state index contributed by atoms with van der Waals surface area (Å²) < 4.78 is 25.5. The Morgan fingerprint density at radius 1 is 1.03 bits per heavy atom. The number of hydrogen-bond donors (Lipinski definition) is 1. The zero-order valence-corrected chi connectivity index (χ0v) is 19.9. The molecule has 0 bridgehead atoms. The summed E-state index contributed by atoms with van der Waals surface area (Å²) in [5.41, 5.74) is 5.06. The summed E-state index contributed by atoms with van der Waals surface area (Å²) in [6, 6.07) is 10.3. The SMILES string of the molecule is FC1CCN(Cc2cnc3oc4c(N5CCOCC5)nc(-c5cccc6[nH]ccc56)nc4c3c2)CC1. The number of aromatic nitrogens is 4. The summed E-state index contributed by atoms with van der Waals surface area (Å²) in [4.78, 5) is 22.5. The normalized spacial score (nSPS) is 18.1. The number of nitrogens with zero attached hydrogens (tertiary/aromatic N) is 5. The minimum Gasteiger partial charge on any atom is -0.432 e. The number of nitrogens with one attached hydrogen (secondary N) is 1. The van der Waals surface area contributed by atoms with Gasteiger partial charge in [0, 0.05) is 61.6 Å².